The fourth-order valence-corrected chi connectivity index (χ4v) is 2.01. The third-order valence-electron chi connectivity index (χ3n) is 2.85. The molecule has 0 aliphatic carbocycles. The van der Waals surface area contributed by atoms with E-state index in [-0.39, 0.29) is 0 Å². The molecule has 0 radical (unpaired) electrons. The van der Waals surface area contributed by atoms with Gasteiger partial charge >= 0.3 is 5.97 Å². The van der Waals surface area contributed by atoms with E-state index in [0.717, 1.165) is 17.1 Å². The Balaban J connectivity index is 2.00. The number of hydrogen-bond donors (Lipinski definition) is 1. The van der Waals surface area contributed by atoms with Crippen LogP contribution >= 0.6 is 0 Å². The summed E-state index contributed by atoms with van der Waals surface area (Å²) in [4.78, 5) is 13.0. The Morgan fingerprint density at radius 2 is 2.05 bits per heavy atom. The molecule has 0 spiro atoms. The monoisotopic (exact) mass is 259 g/mol. The molecule has 1 N–H and O–H groups in total. The number of aryl methyl sites for hydroxylation is 1. The Morgan fingerprint density at radius 3 is 2.68 bits per heavy atom. The first-order chi connectivity index (χ1) is 9.04. The third kappa shape index (κ3) is 3.69. The average Bonchev–Trinajstić information content (AvgIpc) is 2.74. The largest absolute Gasteiger partial charge is 0.478 e. The van der Waals surface area contributed by atoms with Gasteiger partial charge in [-0.2, -0.15) is 0 Å². The van der Waals surface area contributed by atoms with Crippen LogP contribution in [0.2, 0.25) is 0 Å². The van der Waals surface area contributed by atoms with E-state index >= 15 is 0 Å². The summed E-state index contributed by atoms with van der Waals surface area (Å²) in [6.07, 6.45) is 0. The van der Waals surface area contributed by atoms with Gasteiger partial charge in [0.05, 0.1) is 12.1 Å². The Bertz CT molecular complexity index is 574. The van der Waals surface area contributed by atoms with Gasteiger partial charge in [-0.3, -0.25) is 4.90 Å². The number of nitrogens with zero attached hydrogens (tertiary/aromatic N) is 1. The van der Waals surface area contributed by atoms with Crippen LogP contribution in [0.5, 0.6) is 0 Å². The first kappa shape index (κ1) is 13.4. The lowest BCUT2D eigenvalue weighted by molar-refractivity contribution is 0.0696. The maximum absolute atomic E-state index is 10.9. The van der Waals surface area contributed by atoms with Gasteiger partial charge in [0.2, 0.25) is 0 Å². The molecule has 0 aliphatic rings. The minimum atomic E-state index is -0.897. The number of furan rings is 1. The Morgan fingerprint density at radius 1 is 1.26 bits per heavy atom. The Labute approximate surface area is 112 Å². The van der Waals surface area contributed by atoms with Crippen molar-refractivity contribution in [3.63, 3.8) is 0 Å². The minimum absolute atomic E-state index is 0.319. The van der Waals surface area contributed by atoms with E-state index in [9.17, 15) is 4.79 Å². The molecule has 1 aromatic heterocycles. The summed E-state index contributed by atoms with van der Waals surface area (Å²) in [5.74, 6) is 0.914. The molecule has 100 valence electrons. The molecular formula is C15H17NO3. The molecule has 1 aromatic carbocycles. The number of rotatable bonds is 5. The molecule has 0 atom stereocenters. The highest BCUT2D eigenvalue weighted by Gasteiger charge is 2.07. The summed E-state index contributed by atoms with van der Waals surface area (Å²) < 4.78 is 5.52. The van der Waals surface area contributed by atoms with Gasteiger partial charge in [-0.25, -0.2) is 4.79 Å². The highest BCUT2D eigenvalue weighted by Crippen LogP contribution is 2.12. The van der Waals surface area contributed by atoms with Crippen molar-refractivity contribution in [1.82, 2.24) is 4.90 Å². The lowest BCUT2D eigenvalue weighted by Gasteiger charge is -2.15. The van der Waals surface area contributed by atoms with Gasteiger partial charge < -0.3 is 9.52 Å². The quantitative estimate of drug-likeness (QED) is 0.897. The molecule has 0 aliphatic heterocycles. The molecular weight excluding hydrogens is 242 g/mol. The van der Waals surface area contributed by atoms with Crippen molar-refractivity contribution in [3.8, 4) is 0 Å². The van der Waals surface area contributed by atoms with Gasteiger partial charge in [-0.1, -0.05) is 12.1 Å². The van der Waals surface area contributed by atoms with Gasteiger partial charge in [0.1, 0.15) is 11.5 Å². The van der Waals surface area contributed by atoms with E-state index in [0.29, 0.717) is 18.7 Å². The molecule has 4 nitrogen and oxygen atoms in total. The SMILES string of the molecule is Cc1ccc(CN(C)Cc2cccc(C(=O)O)c2)o1. The van der Waals surface area contributed by atoms with Crippen LogP contribution in [0.15, 0.2) is 40.8 Å². The molecule has 1 heterocycles. The fourth-order valence-electron chi connectivity index (χ4n) is 2.01. The number of hydrogen-bond acceptors (Lipinski definition) is 3. The van der Waals surface area contributed by atoms with Crippen LogP contribution in [-0.2, 0) is 13.1 Å². The molecule has 19 heavy (non-hydrogen) atoms. The van der Waals surface area contributed by atoms with E-state index in [4.69, 9.17) is 9.52 Å². The Hall–Kier alpha value is -2.07. The van der Waals surface area contributed by atoms with Gasteiger partial charge in [0.25, 0.3) is 0 Å². The summed E-state index contributed by atoms with van der Waals surface area (Å²) in [5, 5.41) is 8.95. The minimum Gasteiger partial charge on any atom is -0.478 e. The highest BCUT2D eigenvalue weighted by atomic mass is 16.4. The number of carbonyl (C=O) groups is 1. The Kier molecular flexibility index (Phi) is 4.02. The summed E-state index contributed by atoms with van der Waals surface area (Å²) in [7, 11) is 1.98. The van der Waals surface area contributed by atoms with Crippen molar-refractivity contribution in [2.24, 2.45) is 0 Å². The van der Waals surface area contributed by atoms with E-state index < -0.39 is 5.97 Å². The van der Waals surface area contributed by atoms with Crippen molar-refractivity contribution < 1.29 is 14.3 Å². The first-order valence-corrected chi connectivity index (χ1v) is 6.10. The second-order valence-corrected chi connectivity index (χ2v) is 4.69. The van der Waals surface area contributed by atoms with Crippen LogP contribution in [-0.4, -0.2) is 23.0 Å². The van der Waals surface area contributed by atoms with Crippen molar-refractivity contribution in [1.29, 1.82) is 0 Å². The van der Waals surface area contributed by atoms with Crippen LogP contribution in [0, 0.1) is 6.92 Å². The molecule has 0 bridgehead atoms. The second kappa shape index (κ2) is 5.71. The predicted molar refractivity (Wildman–Crippen MR) is 72.0 cm³/mol. The van der Waals surface area contributed by atoms with Crippen molar-refractivity contribution in [3.05, 3.63) is 59.0 Å². The van der Waals surface area contributed by atoms with Crippen molar-refractivity contribution in [2.45, 2.75) is 20.0 Å². The lowest BCUT2D eigenvalue weighted by atomic mass is 10.1. The molecule has 4 heteroatoms. The molecule has 0 unspecified atom stereocenters. The van der Waals surface area contributed by atoms with Crippen molar-refractivity contribution in [2.75, 3.05) is 7.05 Å². The normalized spacial score (nSPS) is 10.9. The number of benzene rings is 1. The molecule has 0 fully saturated rings. The van der Waals surface area contributed by atoms with Gasteiger partial charge in [0, 0.05) is 6.54 Å². The highest BCUT2D eigenvalue weighted by molar-refractivity contribution is 5.87. The average molecular weight is 259 g/mol. The standard InChI is InChI=1S/C15H17NO3/c1-11-6-7-14(19-11)10-16(2)9-12-4-3-5-13(8-12)15(17)18/h3-8H,9-10H2,1-2H3,(H,17,18). The smallest absolute Gasteiger partial charge is 0.335 e. The van der Waals surface area contributed by atoms with Crippen LogP contribution in [0.4, 0.5) is 0 Å². The number of carboxylic acids is 1. The molecule has 2 aromatic rings. The zero-order chi connectivity index (χ0) is 13.8. The number of aromatic carboxylic acids is 1. The third-order valence-corrected chi connectivity index (χ3v) is 2.85. The maximum Gasteiger partial charge on any atom is 0.335 e. The van der Waals surface area contributed by atoms with Crippen LogP contribution in [0.3, 0.4) is 0 Å². The summed E-state index contributed by atoms with van der Waals surface area (Å²) in [6.45, 7) is 3.30. The van der Waals surface area contributed by atoms with E-state index in [1.54, 1.807) is 18.2 Å². The summed E-state index contributed by atoms with van der Waals surface area (Å²) in [5.41, 5.74) is 1.30. The van der Waals surface area contributed by atoms with E-state index in [1.165, 1.54) is 0 Å². The van der Waals surface area contributed by atoms with Crippen LogP contribution in [0.25, 0.3) is 0 Å². The first-order valence-electron chi connectivity index (χ1n) is 6.10. The molecule has 2 rings (SSSR count). The topological polar surface area (TPSA) is 53.7 Å². The fraction of sp³-hybridized carbons (Fsp3) is 0.267. The lowest BCUT2D eigenvalue weighted by Crippen LogP contribution is -2.17. The predicted octanol–water partition coefficient (Wildman–Crippen LogP) is 2.92. The number of carboxylic acid groups (broad SMARTS) is 1. The van der Waals surface area contributed by atoms with Crippen LogP contribution < -0.4 is 0 Å². The van der Waals surface area contributed by atoms with Gasteiger partial charge in [-0.05, 0) is 43.8 Å². The molecule has 0 saturated heterocycles. The molecule has 0 amide bonds. The maximum atomic E-state index is 10.9. The van der Waals surface area contributed by atoms with Crippen LogP contribution in [0.1, 0.15) is 27.4 Å². The zero-order valence-electron chi connectivity index (χ0n) is 11.1. The second-order valence-electron chi connectivity index (χ2n) is 4.69. The summed E-state index contributed by atoms with van der Waals surface area (Å²) >= 11 is 0. The summed E-state index contributed by atoms with van der Waals surface area (Å²) in [6, 6.07) is 10.9. The zero-order valence-corrected chi connectivity index (χ0v) is 11.1. The van der Waals surface area contributed by atoms with Gasteiger partial charge in [-0.15, -0.1) is 0 Å². The van der Waals surface area contributed by atoms with E-state index in [2.05, 4.69) is 4.90 Å². The van der Waals surface area contributed by atoms with Gasteiger partial charge in [0.15, 0.2) is 0 Å². The molecule has 0 saturated carbocycles. The van der Waals surface area contributed by atoms with E-state index in [1.807, 2.05) is 32.2 Å². The van der Waals surface area contributed by atoms with Crippen molar-refractivity contribution >= 4 is 5.97 Å².